The molecule has 200 valence electrons. The zero-order valence-electron chi connectivity index (χ0n) is 21.6. The van der Waals surface area contributed by atoms with E-state index in [4.69, 9.17) is 0 Å². The molecular formula is C29H36F3N3O2. The van der Waals surface area contributed by atoms with Gasteiger partial charge in [-0.3, -0.25) is 14.6 Å². The van der Waals surface area contributed by atoms with E-state index in [0.717, 1.165) is 50.2 Å². The number of halogens is 3. The highest BCUT2D eigenvalue weighted by atomic mass is 19.4. The smallest absolute Gasteiger partial charge is 0.344 e. The van der Waals surface area contributed by atoms with Crippen molar-refractivity contribution >= 4 is 11.8 Å². The summed E-state index contributed by atoms with van der Waals surface area (Å²) in [4.78, 5) is 32.9. The Hall–Kier alpha value is -2.90. The minimum absolute atomic E-state index is 0.0219. The van der Waals surface area contributed by atoms with Crippen LogP contribution >= 0.6 is 0 Å². The Kier molecular flexibility index (Phi) is 8.55. The number of aromatic nitrogens is 1. The molecule has 5 nitrogen and oxygen atoms in total. The molecule has 2 amide bonds. The third kappa shape index (κ3) is 6.16. The molecule has 3 atom stereocenters. The first-order chi connectivity index (χ1) is 17.7. The van der Waals surface area contributed by atoms with Crippen molar-refractivity contribution in [2.45, 2.75) is 83.5 Å². The van der Waals surface area contributed by atoms with Crippen LogP contribution in [0.15, 0.2) is 42.6 Å². The summed E-state index contributed by atoms with van der Waals surface area (Å²) in [5.41, 5.74) is 0.292. The Bertz CT molecular complexity index is 1100. The van der Waals surface area contributed by atoms with Crippen molar-refractivity contribution in [3.8, 4) is 11.3 Å². The molecule has 1 aromatic heterocycles. The van der Waals surface area contributed by atoms with E-state index in [1.165, 1.54) is 18.3 Å². The first-order valence-corrected chi connectivity index (χ1v) is 13.4. The van der Waals surface area contributed by atoms with Crippen molar-refractivity contribution in [1.29, 1.82) is 0 Å². The lowest BCUT2D eigenvalue weighted by atomic mass is 9.83. The second-order valence-electron chi connectivity index (χ2n) is 10.4. The fourth-order valence-corrected chi connectivity index (χ4v) is 5.64. The number of amides is 2. The van der Waals surface area contributed by atoms with Crippen LogP contribution in [0.25, 0.3) is 11.3 Å². The maximum Gasteiger partial charge on any atom is 0.417 e. The van der Waals surface area contributed by atoms with Crippen molar-refractivity contribution in [2.24, 2.45) is 11.8 Å². The fraction of sp³-hybridized carbons (Fsp3) is 0.552. The van der Waals surface area contributed by atoms with Gasteiger partial charge in [-0.05, 0) is 61.8 Å². The summed E-state index contributed by atoms with van der Waals surface area (Å²) in [7, 11) is 0. The van der Waals surface area contributed by atoms with Crippen molar-refractivity contribution in [3.05, 3.63) is 53.7 Å². The van der Waals surface area contributed by atoms with Crippen LogP contribution in [0, 0.1) is 11.8 Å². The highest BCUT2D eigenvalue weighted by Gasteiger charge is 2.39. The number of rotatable bonds is 7. The van der Waals surface area contributed by atoms with Gasteiger partial charge in [0.05, 0.1) is 17.3 Å². The third-order valence-electron chi connectivity index (χ3n) is 7.96. The van der Waals surface area contributed by atoms with Crippen LogP contribution in [0.4, 0.5) is 13.2 Å². The Morgan fingerprint density at radius 1 is 1.08 bits per heavy atom. The summed E-state index contributed by atoms with van der Waals surface area (Å²) in [5.74, 6) is -0.260. The summed E-state index contributed by atoms with van der Waals surface area (Å²) in [6, 6.07) is 8.04. The fourth-order valence-electron chi connectivity index (χ4n) is 5.64. The molecule has 2 heterocycles. The molecule has 0 bridgehead atoms. The molecule has 4 rings (SSSR count). The first kappa shape index (κ1) is 27.1. The van der Waals surface area contributed by atoms with Crippen LogP contribution in [0.1, 0.15) is 82.4 Å². The van der Waals surface area contributed by atoms with E-state index < -0.39 is 17.8 Å². The lowest BCUT2D eigenvalue weighted by Crippen LogP contribution is -2.53. The van der Waals surface area contributed by atoms with Gasteiger partial charge in [0.2, 0.25) is 11.8 Å². The zero-order valence-corrected chi connectivity index (χ0v) is 21.6. The molecule has 1 aliphatic heterocycles. The zero-order chi connectivity index (χ0) is 26.6. The number of pyridine rings is 1. The van der Waals surface area contributed by atoms with Crippen molar-refractivity contribution in [3.63, 3.8) is 0 Å². The molecular weight excluding hydrogens is 479 g/mol. The van der Waals surface area contributed by atoms with Gasteiger partial charge in [0.1, 0.15) is 6.04 Å². The molecule has 2 aromatic rings. The number of nitrogens with one attached hydrogen (secondary N) is 1. The van der Waals surface area contributed by atoms with Gasteiger partial charge in [-0.2, -0.15) is 13.2 Å². The second kappa shape index (κ2) is 11.7. The monoisotopic (exact) mass is 515 g/mol. The molecule has 1 saturated carbocycles. The molecule has 1 saturated heterocycles. The van der Waals surface area contributed by atoms with Gasteiger partial charge in [0.15, 0.2) is 0 Å². The maximum atomic E-state index is 14.0. The Morgan fingerprint density at radius 2 is 1.81 bits per heavy atom. The van der Waals surface area contributed by atoms with E-state index in [0.29, 0.717) is 19.4 Å². The minimum atomic E-state index is -4.50. The molecule has 0 spiro atoms. The van der Waals surface area contributed by atoms with Crippen LogP contribution in [-0.4, -0.2) is 34.3 Å². The van der Waals surface area contributed by atoms with Gasteiger partial charge in [-0.1, -0.05) is 51.3 Å². The molecule has 0 radical (unpaired) electrons. The number of benzene rings is 1. The minimum Gasteiger partial charge on any atom is -0.344 e. The van der Waals surface area contributed by atoms with Crippen LogP contribution in [0.3, 0.4) is 0 Å². The molecule has 1 aliphatic carbocycles. The number of carbonyl (C=O) groups excluding carboxylic acids is 2. The number of likely N-dealkylation sites (tertiary alicyclic amines) is 1. The van der Waals surface area contributed by atoms with Gasteiger partial charge >= 0.3 is 6.18 Å². The van der Waals surface area contributed by atoms with Crippen LogP contribution in [0.2, 0.25) is 0 Å². The molecule has 1 aromatic carbocycles. The van der Waals surface area contributed by atoms with Gasteiger partial charge < -0.3 is 10.2 Å². The van der Waals surface area contributed by atoms with E-state index in [1.54, 1.807) is 18.2 Å². The first-order valence-electron chi connectivity index (χ1n) is 13.4. The summed E-state index contributed by atoms with van der Waals surface area (Å²) in [6.07, 6.45) is 4.27. The van der Waals surface area contributed by atoms with Crippen LogP contribution < -0.4 is 5.32 Å². The summed E-state index contributed by atoms with van der Waals surface area (Å²) in [6.45, 7) is 4.38. The molecule has 2 fully saturated rings. The lowest BCUT2D eigenvalue weighted by molar-refractivity contribution is -0.140. The molecule has 37 heavy (non-hydrogen) atoms. The summed E-state index contributed by atoms with van der Waals surface area (Å²) >= 11 is 0. The standard InChI is InChI=1S/C29H36F3N3O2/c1-3-19(2)27(36)34-26(20-10-5-4-6-11-20)28(37)35-17-9-14-25(35)21-15-16-33-24(18-21)22-12-7-8-13-23(22)29(30,31)32/h7-8,12-13,15-16,18-20,25-26H,3-6,9-11,14,17H2,1-2H3,(H,34,36). The second-order valence-corrected chi connectivity index (χ2v) is 10.4. The van der Waals surface area contributed by atoms with Gasteiger partial charge in [0.25, 0.3) is 0 Å². The predicted octanol–water partition coefficient (Wildman–Crippen LogP) is 6.54. The number of alkyl halides is 3. The molecule has 1 N–H and O–H groups in total. The quantitative estimate of drug-likeness (QED) is 0.455. The SMILES string of the molecule is CCC(C)C(=O)NC(C(=O)N1CCCC1c1ccnc(-c2ccccc2C(F)(F)F)c1)C1CCCCC1. The van der Waals surface area contributed by atoms with Gasteiger partial charge in [0, 0.05) is 24.2 Å². The predicted molar refractivity (Wildman–Crippen MR) is 136 cm³/mol. The molecule has 3 unspecified atom stereocenters. The van der Waals surface area contributed by atoms with Gasteiger partial charge in [-0.15, -0.1) is 0 Å². The van der Waals surface area contributed by atoms with E-state index >= 15 is 0 Å². The lowest BCUT2D eigenvalue weighted by Gasteiger charge is -2.35. The van der Waals surface area contributed by atoms with E-state index in [1.807, 2.05) is 18.7 Å². The van der Waals surface area contributed by atoms with Crippen LogP contribution in [0.5, 0.6) is 0 Å². The average Bonchev–Trinajstić information content (AvgIpc) is 3.41. The van der Waals surface area contributed by atoms with E-state index in [-0.39, 0.29) is 40.9 Å². The molecule has 2 aliphatic rings. The number of hydrogen-bond acceptors (Lipinski definition) is 3. The summed E-state index contributed by atoms with van der Waals surface area (Å²) in [5, 5.41) is 3.08. The third-order valence-corrected chi connectivity index (χ3v) is 7.96. The van der Waals surface area contributed by atoms with E-state index in [2.05, 4.69) is 10.3 Å². The highest BCUT2D eigenvalue weighted by Crippen LogP contribution is 2.39. The number of hydrogen-bond donors (Lipinski definition) is 1. The van der Waals surface area contributed by atoms with Crippen molar-refractivity contribution < 1.29 is 22.8 Å². The van der Waals surface area contributed by atoms with Crippen molar-refractivity contribution in [2.75, 3.05) is 6.54 Å². The number of nitrogens with zero attached hydrogens (tertiary/aromatic N) is 2. The number of carbonyl (C=O) groups is 2. The van der Waals surface area contributed by atoms with Crippen molar-refractivity contribution in [1.82, 2.24) is 15.2 Å². The van der Waals surface area contributed by atoms with Gasteiger partial charge in [-0.25, -0.2) is 0 Å². The highest BCUT2D eigenvalue weighted by molar-refractivity contribution is 5.89. The average molecular weight is 516 g/mol. The Labute approximate surface area is 216 Å². The normalized spacial score (nSPS) is 20.5. The summed E-state index contributed by atoms with van der Waals surface area (Å²) < 4.78 is 40.9. The molecule has 8 heteroatoms. The maximum absolute atomic E-state index is 14.0. The van der Waals surface area contributed by atoms with E-state index in [9.17, 15) is 22.8 Å². The Balaban J connectivity index is 1.62. The van der Waals surface area contributed by atoms with Crippen LogP contribution in [-0.2, 0) is 15.8 Å². The Morgan fingerprint density at radius 3 is 2.51 bits per heavy atom. The topological polar surface area (TPSA) is 62.3 Å². The largest absolute Gasteiger partial charge is 0.417 e.